The van der Waals surface area contributed by atoms with Gasteiger partial charge in [0, 0.05) is 19.2 Å². The Balaban J connectivity index is 1.72. The topological polar surface area (TPSA) is 85.5 Å². The smallest absolute Gasteiger partial charge is 0.452 e. The molecule has 3 aromatic heterocycles. The second kappa shape index (κ2) is 6.07. The summed E-state index contributed by atoms with van der Waals surface area (Å²) >= 11 is 0. The van der Waals surface area contributed by atoms with Crippen molar-refractivity contribution in [1.82, 2.24) is 29.5 Å². The molecule has 8 nitrogen and oxygen atoms in total. The van der Waals surface area contributed by atoms with Crippen molar-refractivity contribution in [2.24, 2.45) is 0 Å². The molecule has 26 heavy (non-hydrogen) atoms. The Kier molecular flexibility index (Phi) is 3.85. The zero-order valence-electron chi connectivity index (χ0n) is 13.4. The summed E-state index contributed by atoms with van der Waals surface area (Å²) in [6, 6.07) is 3.09. The van der Waals surface area contributed by atoms with Crippen LogP contribution in [0.25, 0.3) is 16.8 Å². The number of carbonyl (C=O) groups excluding carboxylic acids is 1. The van der Waals surface area contributed by atoms with E-state index in [0.29, 0.717) is 19.5 Å². The van der Waals surface area contributed by atoms with Crippen molar-refractivity contribution in [3.05, 3.63) is 24.2 Å². The van der Waals surface area contributed by atoms with Crippen LogP contribution < -0.4 is 4.74 Å². The second-order valence-corrected chi connectivity index (χ2v) is 5.78. The van der Waals surface area contributed by atoms with Crippen LogP contribution in [0.5, 0.6) is 5.88 Å². The summed E-state index contributed by atoms with van der Waals surface area (Å²) in [5.74, 6) is -1.24. The second-order valence-electron chi connectivity index (χ2n) is 5.78. The molecule has 4 heterocycles. The fraction of sp³-hybridized carbons (Fsp3) is 0.400. The number of fused-ring (bicyclic) bond motifs is 3. The van der Waals surface area contributed by atoms with Crippen molar-refractivity contribution in [1.29, 1.82) is 0 Å². The molecule has 11 heteroatoms. The highest BCUT2D eigenvalue weighted by atomic mass is 19.4. The molecule has 0 N–H and O–H groups in total. The number of nitrogens with zero attached hydrogens (tertiary/aromatic N) is 6. The van der Waals surface area contributed by atoms with Crippen molar-refractivity contribution in [3.63, 3.8) is 0 Å². The quantitative estimate of drug-likeness (QED) is 0.699. The fourth-order valence-corrected chi connectivity index (χ4v) is 2.90. The van der Waals surface area contributed by atoms with Crippen LogP contribution >= 0.6 is 0 Å². The minimum atomic E-state index is -4.70. The number of likely N-dealkylation sites (tertiary alicyclic amines) is 1. The lowest BCUT2D eigenvalue weighted by Crippen LogP contribution is -2.29. The summed E-state index contributed by atoms with van der Waals surface area (Å²) in [7, 11) is 0. The monoisotopic (exact) mass is 366 g/mol. The zero-order valence-corrected chi connectivity index (χ0v) is 13.4. The SMILES string of the molecule is O=C1CCCN1CCOc1nc2cccnc2n2c(C(F)(F)F)nnc12. The van der Waals surface area contributed by atoms with Gasteiger partial charge in [0.2, 0.25) is 17.4 Å². The van der Waals surface area contributed by atoms with E-state index < -0.39 is 12.0 Å². The average Bonchev–Trinajstić information content (AvgIpc) is 3.21. The molecule has 0 unspecified atom stereocenters. The van der Waals surface area contributed by atoms with Gasteiger partial charge in [0.1, 0.15) is 12.1 Å². The molecule has 136 valence electrons. The third kappa shape index (κ3) is 2.78. The van der Waals surface area contributed by atoms with E-state index in [1.807, 2.05) is 0 Å². The van der Waals surface area contributed by atoms with E-state index in [0.717, 1.165) is 10.8 Å². The maximum absolute atomic E-state index is 13.3. The number of halogens is 3. The molecule has 0 spiro atoms. The standard InChI is InChI=1S/C15H13F3N6O2/c16-15(17,18)14-22-21-12-13(26-8-7-23-6-2-4-10(23)25)20-9-3-1-5-19-11(9)24(12)14/h1,3,5H,2,4,6-8H2. The Labute approximate surface area is 144 Å². The summed E-state index contributed by atoms with van der Waals surface area (Å²) in [5.41, 5.74) is 0.0377. The fourth-order valence-electron chi connectivity index (χ4n) is 2.90. The van der Waals surface area contributed by atoms with Crippen molar-refractivity contribution in [2.45, 2.75) is 19.0 Å². The highest BCUT2D eigenvalue weighted by Crippen LogP contribution is 2.31. The predicted molar refractivity (Wildman–Crippen MR) is 82.4 cm³/mol. The third-order valence-corrected chi connectivity index (χ3v) is 4.08. The first-order valence-corrected chi connectivity index (χ1v) is 7.93. The summed E-state index contributed by atoms with van der Waals surface area (Å²) in [5, 5.41) is 6.82. The number of carbonyl (C=O) groups is 1. The van der Waals surface area contributed by atoms with Gasteiger partial charge in [-0.2, -0.15) is 13.2 Å². The zero-order chi connectivity index (χ0) is 18.3. The number of hydrogen-bond acceptors (Lipinski definition) is 6. The van der Waals surface area contributed by atoms with Gasteiger partial charge in [0.25, 0.3) is 5.88 Å². The third-order valence-electron chi connectivity index (χ3n) is 4.08. The molecule has 3 aromatic rings. The van der Waals surface area contributed by atoms with Gasteiger partial charge in [0.15, 0.2) is 5.65 Å². The molecule has 1 saturated heterocycles. The molecule has 1 amide bonds. The summed E-state index contributed by atoms with van der Waals surface area (Å²) < 4.78 is 46.1. The van der Waals surface area contributed by atoms with Crippen molar-refractivity contribution < 1.29 is 22.7 Å². The predicted octanol–water partition coefficient (Wildman–Crippen LogP) is 1.69. The molecular weight excluding hydrogens is 353 g/mol. The van der Waals surface area contributed by atoms with Gasteiger partial charge in [-0.3, -0.25) is 4.79 Å². The molecule has 0 aromatic carbocycles. The average molecular weight is 366 g/mol. The molecule has 0 radical (unpaired) electrons. The van der Waals surface area contributed by atoms with E-state index in [1.165, 1.54) is 12.3 Å². The Morgan fingerprint density at radius 2 is 2.08 bits per heavy atom. The molecule has 0 atom stereocenters. The first-order chi connectivity index (χ1) is 12.4. The van der Waals surface area contributed by atoms with Gasteiger partial charge in [-0.15, -0.1) is 10.2 Å². The molecule has 1 aliphatic heterocycles. The lowest BCUT2D eigenvalue weighted by molar-refractivity contribution is -0.145. The number of pyridine rings is 1. The number of rotatable bonds is 4. The molecule has 1 aliphatic rings. The summed E-state index contributed by atoms with van der Waals surface area (Å²) in [6.45, 7) is 1.07. The van der Waals surface area contributed by atoms with Crippen LogP contribution in [-0.2, 0) is 11.0 Å². The van der Waals surface area contributed by atoms with Crippen LogP contribution in [0, 0.1) is 0 Å². The van der Waals surface area contributed by atoms with Gasteiger partial charge in [-0.25, -0.2) is 14.4 Å². The number of aromatic nitrogens is 5. The highest BCUT2D eigenvalue weighted by Gasteiger charge is 2.38. The van der Waals surface area contributed by atoms with Gasteiger partial charge < -0.3 is 9.64 Å². The Morgan fingerprint density at radius 1 is 1.23 bits per heavy atom. The number of ether oxygens (including phenoxy) is 1. The first kappa shape index (κ1) is 16.5. The molecule has 1 fully saturated rings. The van der Waals surface area contributed by atoms with Crippen molar-refractivity contribution in [3.8, 4) is 5.88 Å². The van der Waals surface area contributed by atoms with E-state index in [-0.39, 0.29) is 35.2 Å². The van der Waals surface area contributed by atoms with Gasteiger partial charge in [0.05, 0.1) is 6.54 Å². The van der Waals surface area contributed by atoms with E-state index in [4.69, 9.17) is 4.74 Å². The Bertz CT molecular complexity index is 987. The van der Waals surface area contributed by atoms with Crippen molar-refractivity contribution >= 4 is 22.7 Å². The minimum Gasteiger partial charge on any atom is -0.473 e. The van der Waals surface area contributed by atoms with Crippen LogP contribution in [0.2, 0.25) is 0 Å². The molecule has 4 rings (SSSR count). The first-order valence-electron chi connectivity index (χ1n) is 7.93. The van der Waals surface area contributed by atoms with E-state index >= 15 is 0 Å². The van der Waals surface area contributed by atoms with Gasteiger partial charge >= 0.3 is 6.18 Å². The molecule has 0 bridgehead atoms. The van der Waals surface area contributed by atoms with E-state index in [9.17, 15) is 18.0 Å². The van der Waals surface area contributed by atoms with Gasteiger partial charge in [-0.1, -0.05) is 0 Å². The number of amides is 1. The highest BCUT2D eigenvalue weighted by molar-refractivity contribution is 5.78. The molecular formula is C15H13F3N6O2. The maximum atomic E-state index is 13.3. The van der Waals surface area contributed by atoms with Crippen LogP contribution in [0.3, 0.4) is 0 Å². The normalized spacial score (nSPS) is 15.3. The minimum absolute atomic E-state index is 0.0121. The number of alkyl halides is 3. The largest absolute Gasteiger partial charge is 0.473 e. The van der Waals surface area contributed by atoms with Crippen LogP contribution in [0.1, 0.15) is 18.7 Å². The lowest BCUT2D eigenvalue weighted by Gasteiger charge is -2.15. The van der Waals surface area contributed by atoms with Crippen LogP contribution in [0.15, 0.2) is 18.3 Å². The van der Waals surface area contributed by atoms with Gasteiger partial charge in [-0.05, 0) is 18.6 Å². The van der Waals surface area contributed by atoms with Crippen LogP contribution in [0.4, 0.5) is 13.2 Å². The molecule has 0 saturated carbocycles. The number of hydrogen-bond donors (Lipinski definition) is 0. The maximum Gasteiger partial charge on any atom is 0.452 e. The van der Waals surface area contributed by atoms with E-state index in [1.54, 1.807) is 11.0 Å². The summed E-state index contributed by atoms with van der Waals surface area (Å²) in [4.78, 5) is 21.4. The van der Waals surface area contributed by atoms with E-state index in [2.05, 4.69) is 20.2 Å². The molecule has 0 aliphatic carbocycles. The Morgan fingerprint density at radius 3 is 2.81 bits per heavy atom. The summed E-state index contributed by atoms with van der Waals surface area (Å²) in [6.07, 6.45) is -2.04. The van der Waals surface area contributed by atoms with Crippen LogP contribution in [-0.4, -0.2) is 55.1 Å². The lowest BCUT2D eigenvalue weighted by atomic mass is 10.4. The van der Waals surface area contributed by atoms with Crippen molar-refractivity contribution in [2.75, 3.05) is 19.7 Å². The Hall–Kier alpha value is -2.98.